The van der Waals surface area contributed by atoms with Gasteiger partial charge in [0, 0.05) is 10.6 Å². The molecule has 14 heavy (non-hydrogen) atoms. The van der Waals surface area contributed by atoms with Crippen LogP contribution in [0.15, 0.2) is 5.38 Å². The van der Waals surface area contributed by atoms with E-state index in [2.05, 4.69) is 9.71 Å². The molecule has 7 heteroatoms. The Labute approximate surface area is 87.8 Å². The lowest BCUT2D eigenvalue weighted by atomic mass is 10.5. The van der Waals surface area contributed by atoms with E-state index in [1.807, 2.05) is 0 Å². The zero-order valence-corrected chi connectivity index (χ0v) is 9.32. The molecule has 78 valence electrons. The molecule has 0 aromatic carbocycles. The molecule has 0 aliphatic rings. The number of carboxylic acids is 1. The predicted molar refractivity (Wildman–Crippen MR) is 56.0 cm³/mol. The van der Waals surface area contributed by atoms with Crippen molar-refractivity contribution >= 4 is 33.4 Å². The van der Waals surface area contributed by atoms with Crippen LogP contribution in [0.1, 0.15) is 24.3 Å². The largest absolute Gasteiger partial charge is 0.476 e. The molecule has 2 N–H and O–H groups in total. The summed E-state index contributed by atoms with van der Waals surface area (Å²) in [5.41, 5.74) is -0.0294. The van der Waals surface area contributed by atoms with E-state index >= 15 is 0 Å². The maximum Gasteiger partial charge on any atom is 0.355 e. The number of hydrogen-bond acceptors (Lipinski definition) is 4. The van der Waals surface area contributed by atoms with Crippen molar-refractivity contribution in [3.63, 3.8) is 0 Å². The Balaban J connectivity index is 2.69. The van der Waals surface area contributed by atoms with Crippen LogP contribution < -0.4 is 4.72 Å². The number of rotatable bonds is 4. The van der Waals surface area contributed by atoms with E-state index in [1.165, 1.54) is 5.38 Å². The van der Waals surface area contributed by atoms with E-state index in [1.54, 1.807) is 13.8 Å². The van der Waals surface area contributed by atoms with Crippen molar-refractivity contribution in [2.24, 2.45) is 0 Å². The topological polar surface area (TPSA) is 79.3 Å². The number of aromatic nitrogens is 1. The zero-order valence-electron chi connectivity index (χ0n) is 7.68. The van der Waals surface area contributed by atoms with Gasteiger partial charge in [-0.1, -0.05) is 0 Å². The molecule has 1 heterocycles. The quantitative estimate of drug-likeness (QED) is 0.823. The number of thiazole rings is 1. The van der Waals surface area contributed by atoms with E-state index in [9.17, 15) is 9.00 Å². The zero-order chi connectivity index (χ0) is 10.7. The number of nitrogens with one attached hydrogen (secondary N) is 1. The van der Waals surface area contributed by atoms with Gasteiger partial charge in [-0.05, 0) is 13.8 Å². The Bertz CT molecular complexity index is 362. The monoisotopic (exact) mass is 234 g/mol. The van der Waals surface area contributed by atoms with Crippen LogP contribution >= 0.6 is 11.3 Å². The van der Waals surface area contributed by atoms with Gasteiger partial charge in [0.1, 0.15) is 11.0 Å². The van der Waals surface area contributed by atoms with Gasteiger partial charge >= 0.3 is 5.97 Å². The third kappa shape index (κ3) is 2.78. The van der Waals surface area contributed by atoms with Crippen molar-refractivity contribution in [3.8, 4) is 0 Å². The van der Waals surface area contributed by atoms with Gasteiger partial charge in [-0.2, -0.15) is 0 Å². The Morgan fingerprint density at radius 1 is 1.71 bits per heavy atom. The van der Waals surface area contributed by atoms with E-state index < -0.39 is 17.0 Å². The summed E-state index contributed by atoms with van der Waals surface area (Å²) in [6.07, 6.45) is 0. The summed E-state index contributed by atoms with van der Waals surface area (Å²) in [7, 11) is -1.22. The van der Waals surface area contributed by atoms with Crippen molar-refractivity contribution in [1.29, 1.82) is 0 Å². The summed E-state index contributed by atoms with van der Waals surface area (Å²) >= 11 is 1.13. The Kier molecular flexibility index (Phi) is 3.59. The van der Waals surface area contributed by atoms with Gasteiger partial charge in [-0.15, -0.1) is 11.3 Å². The molecule has 0 aliphatic carbocycles. The van der Waals surface area contributed by atoms with Crippen molar-refractivity contribution in [1.82, 2.24) is 4.98 Å². The first-order chi connectivity index (χ1) is 6.50. The lowest BCUT2D eigenvalue weighted by Crippen LogP contribution is -2.14. The highest BCUT2D eigenvalue weighted by Crippen LogP contribution is 2.16. The third-order valence-corrected chi connectivity index (χ3v) is 3.48. The normalized spacial score (nSPS) is 12.8. The lowest BCUT2D eigenvalue weighted by molar-refractivity contribution is 0.0691. The van der Waals surface area contributed by atoms with E-state index in [-0.39, 0.29) is 10.9 Å². The minimum absolute atomic E-state index is 0.0294. The molecule has 0 saturated carbocycles. The van der Waals surface area contributed by atoms with Crippen LogP contribution in [0.25, 0.3) is 0 Å². The average molecular weight is 234 g/mol. The van der Waals surface area contributed by atoms with Gasteiger partial charge in [0.15, 0.2) is 10.8 Å². The Morgan fingerprint density at radius 3 is 2.79 bits per heavy atom. The molecule has 1 aromatic heterocycles. The molecule has 1 aromatic rings. The fourth-order valence-electron chi connectivity index (χ4n) is 0.623. The number of carbonyl (C=O) groups is 1. The maximum absolute atomic E-state index is 11.3. The van der Waals surface area contributed by atoms with Gasteiger partial charge in [-0.3, -0.25) is 4.72 Å². The van der Waals surface area contributed by atoms with Crippen molar-refractivity contribution < 1.29 is 14.1 Å². The van der Waals surface area contributed by atoms with Crippen molar-refractivity contribution in [3.05, 3.63) is 11.1 Å². The summed E-state index contributed by atoms with van der Waals surface area (Å²) in [5.74, 6) is -1.08. The molecule has 0 bridgehead atoms. The van der Waals surface area contributed by atoms with E-state index in [0.29, 0.717) is 5.13 Å². The van der Waals surface area contributed by atoms with E-state index in [4.69, 9.17) is 5.11 Å². The smallest absolute Gasteiger partial charge is 0.355 e. The molecular formula is C7H10N2O3S2. The van der Waals surface area contributed by atoms with Crippen LogP contribution in [0, 0.1) is 0 Å². The molecule has 0 saturated heterocycles. The van der Waals surface area contributed by atoms with Gasteiger partial charge in [0.25, 0.3) is 0 Å². The number of hydrogen-bond donors (Lipinski definition) is 2. The standard InChI is InChI=1S/C7H10N2O3S2/c1-4(2)14(12)9-7-8-5(3-13-7)6(10)11/h3-4H,1-2H3,(H,8,9)(H,10,11). The van der Waals surface area contributed by atoms with Crippen LogP contribution in [0.5, 0.6) is 0 Å². The molecule has 1 atom stereocenters. The van der Waals surface area contributed by atoms with Crippen LogP contribution in [-0.4, -0.2) is 25.5 Å². The minimum Gasteiger partial charge on any atom is -0.476 e. The molecule has 0 amide bonds. The van der Waals surface area contributed by atoms with Crippen molar-refractivity contribution in [2.45, 2.75) is 19.1 Å². The molecule has 0 fully saturated rings. The molecule has 0 aliphatic heterocycles. The van der Waals surface area contributed by atoms with Crippen LogP contribution in [0.3, 0.4) is 0 Å². The molecule has 0 spiro atoms. The third-order valence-electron chi connectivity index (χ3n) is 1.34. The summed E-state index contributed by atoms with van der Waals surface area (Å²) < 4.78 is 13.9. The van der Waals surface area contributed by atoms with Crippen LogP contribution in [-0.2, 0) is 11.0 Å². The first-order valence-corrected chi connectivity index (χ1v) is 5.96. The minimum atomic E-state index is -1.22. The highest BCUT2D eigenvalue weighted by molar-refractivity contribution is 7.87. The van der Waals surface area contributed by atoms with Crippen LogP contribution in [0.4, 0.5) is 5.13 Å². The van der Waals surface area contributed by atoms with Crippen LogP contribution in [0.2, 0.25) is 0 Å². The van der Waals surface area contributed by atoms with Gasteiger partial charge < -0.3 is 5.11 Å². The van der Waals surface area contributed by atoms with Gasteiger partial charge in [-0.25, -0.2) is 14.0 Å². The highest BCUT2D eigenvalue weighted by Gasteiger charge is 2.11. The maximum atomic E-state index is 11.3. The SMILES string of the molecule is CC(C)S(=O)Nc1nc(C(=O)O)cs1. The van der Waals surface area contributed by atoms with Gasteiger partial charge in [0.05, 0.1) is 0 Å². The fourth-order valence-corrected chi connectivity index (χ4v) is 2.04. The number of carboxylic acid groups (broad SMARTS) is 1. The number of anilines is 1. The molecule has 5 nitrogen and oxygen atoms in total. The average Bonchev–Trinajstić information content (AvgIpc) is 2.52. The lowest BCUT2D eigenvalue weighted by Gasteiger charge is -2.04. The molecule has 0 radical (unpaired) electrons. The van der Waals surface area contributed by atoms with E-state index in [0.717, 1.165) is 11.3 Å². The predicted octanol–water partition coefficient (Wildman–Crippen LogP) is 1.33. The summed E-state index contributed by atoms with van der Waals surface area (Å²) in [6.45, 7) is 3.60. The highest BCUT2D eigenvalue weighted by atomic mass is 32.2. The second-order valence-corrected chi connectivity index (χ2v) is 5.39. The summed E-state index contributed by atoms with van der Waals surface area (Å²) in [6, 6.07) is 0. The summed E-state index contributed by atoms with van der Waals surface area (Å²) in [5, 5.41) is 10.3. The molecule has 1 unspecified atom stereocenters. The van der Waals surface area contributed by atoms with Crippen molar-refractivity contribution in [2.75, 3.05) is 4.72 Å². The molecule has 1 rings (SSSR count). The second-order valence-electron chi connectivity index (χ2n) is 2.79. The number of nitrogens with zero attached hydrogens (tertiary/aromatic N) is 1. The van der Waals surface area contributed by atoms with Gasteiger partial charge in [0.2, 0.25) is 0 Å². The number of aromatic carboxylic acids is 1. The molecular weight excluding hydrogens is 224 g/mol. The second kappa shape index (κ2) is 4.52. The Hall–Kier alpha value is -0.950. The first-order valence-electron chi connectivity index (χ1n) is 3.86. The summed E-state index contributed by atoms with van der Waals surface area (Å²) in [4.78, 5) is 14.2. The first kappa shape index (κ1) is 11.1. The Morgan fingerprint density at radius 2 is 2.36 bits per heavy atom. The fraction of sp³-hybridized carbons (Fsp3) is 0.429.